The second-order valence-corrected chi connectivity index (χ2v) is 3.65. The maximum absolute atomic E-state index is 12.3. The highest BCUT2D eigenvalue weighted by atomic mass is 19.4. The van der Waals surface area contributed by atoms with Crippen LogP contribution in [-0.4, -0.2) is 44.3 Å². The van der Waals surface area contributed by atoms with Gasteiger partial charge in [-0.15, -0.1) is 0 Å². The van der Waals surface area contributed by atoms with E-state index in [1.807, 2.05) is 0 Å². The summed E-state index contributed by atoms with van der Waals surface area (Å²) in [6.07, 6.45) is -5.45. The van der Waals surface area contributed by atoms with E-state index in [0.717, 1.165) is 0 Å². The van der Waals surface area contributed by atoms with Crippen molar-refractivity contribution in [1.29, 1.82) is 0 Å². The molecule has 0 heterocycles. The molecule has 0 saturated heterocycles. The van der Waals surface area contributed by atoms with Gasteiger partial charge in [-0.25, -0.2) is 0 Å². The number of halogens is 5. The lowest BCUT2D eigenvalue weighted by Crippen LogP contribution is -2.51. The van der Waals surface area contributed by atoms with Gasteiger partial charge in [-0.3, -0.25) is 0 Å². The first-order chi connectivity index (χ1) is 4.96. The maximum Gasteiger partial charge on any atom is 0.459 e. The monoisotopic (exact) mass is 192 g/mol. The van der Waals surface area contributed by atoms with Crippen molar-refractivity contribution in [2.24, 2.45) is 0 Å². The van der Waals surface area contributed by atoms with Crippen LogP contribution in [-0.2, 0) is 0 Å². The van der Waals surface area contributed by atoms with Gasteiger partial charge in [-0.2, -0.15) is 22.0 Å². The SMILES string of the molecule is C[N+](C)(C)CC(F)(F)C(F)(F)F. The standard InChI is InChI=1S/C6H11F5N/c1-12(2,3)4-5(7,8)6(9,10)11/h4H2,1-3H3/q+1. The summed E-state index contributed by atoms with van der Waals surface area (Å²) < 4.78 is 59.0. The van der Waals surface area contributed by atoms with E-state index in [4.69, 9.17) is 0 Å². The summed E-state index contributed by atoms with van der Waals surface area (Å²) in [7, 11) is 3.83. The highest BCUT2D eigenvalue weighted by molar-refractivity contribution is 4.74. The van der Waals surface area contributed by atoms with Gasteiger partial charge in [0.2, 0.25) is 0 Å². The van der Waals surface area contributed by atoms with Crippen LogP contribution in [0.4, 0.5) is 22.0 Å². The lowest BCUT2D eigenvalue weighted by molar-refractivity contribution is -0.880. The van der Waals surface area contributed by atoms with Crippen LogP contribution in [0.2, 0.25) is 0 Å². The minimum absolute atomic E-state index is 0.424. The molecule has 0 rings (SSSR count). The Balaban J connectivity index is 4.44. The molecule has 0 aromatic rings. The molecule has 0 amide bonds. The van der Waals surface area contributed by atoms with Crippen LogP contribution < -0.4 is 0 Å². The first kappa shape index (κ1) is 11.6. The molecular formula is C6H11F5N+. The molecule has 0 aromatic heterocycles. The normalized spacial score (nSPS) is 15.0. The summed E-state index contributed by atoms with van der Waals surface area (Å²) in [4.78, 5) is 0. The van der Waals surface area contributed by atoms with Crippen molar-refractivity contribution in [2.45, 2.75) is 12.1 Å². The Morgan fingerprint density at radius 1 is 0.917 bits per heavy atom. The zero-order valence-electron chi connectivity index (χ0n) is 7.04. The summed E-state index contributed by atoms with van der Waals surface area (Å²) >= 11 is 0. The number of quaternary nitrogens is 1. The Morgan fingerprint density at radius 3 is 1.33 bits per heavy atom. The molecule has 1 nitrogen and oxygen atoms in total. The Bertz CT molecular complexity index is 154. The molecule has 0 N–H and O–H groups in total. The molecule has 0 aliphatic carbocycles. The van der Waals surface area contributed by atoms with Crippen molar-refractivity contribution in [1.82, 2.24) is 0 Å². The maximum atomic E-state index is 12.3. The Labute approximate surface area is 67.4 Å². The lowest BCUT2D eigenvalue weighted by atomic mass is 10.3. The fourth-order valence-corrected chi connectivity index (χ4v) is 0.685. The van der Waals surface area contributed by atoms with Crippen LogP contribution in [0.3, 0.4) is 0 Å². The Morgan fingerprint density at radius 2 is 1.25 bits per heavy atom. The van der Waals surface area contributed by atoms with Gasteiger partial charge in [-0.05, 0) is 0 Å². The molecule has 0 spiro atoms. The van der Waals surface area contributed by atoms with Crippen LogP contribution >= 0.6 is 0 Å². The number of rotatable bonds is 2. The topological polar surface area (TPSA) is 0 Å². The first-order valence-corrected chi connectivity index (χ1v) is 3.21. The van der Waals surface area contributed by atoms with E-state index in [2.05, 4.69) is 0 Å². The van der Waals surface area contributed by atoms with Crippen molar-refractivity contribution >= 4 is 0 Å². The molecule has 0 aliphatic heterocycles. The minimum atomic E-state index is -5.45. The molecule has 0 radical (unpaired) electrons. The van der Waals surface area contributed by atoms with Gasteiger partial charge in [-0.1, -0.05) is 0 Å². The predicted molar refractivity (Wildman–Crippen MR) is 33.9 cm³/mol. The molecule has 0 saturated carbocycles. The van der Waals surface area contributed by atoms with Crippen LogP contribution in [0.5, 0.6) is 0 Å². The van der Waals surface area contributed by atoms with Crippen LogP contribution in [0.25, 0.3) is 0 Å². The average molecular weight is 192 g/mol. The van der Waals surface area contributed by atoms with E-state index < -0.39 is 23.1 Å². The molecule has 74 valence electrons. The second-order valence-electron chi connectivity index (χ2n) is 3.65. The van der Waals surface area contributed by atoms with E-state index >= 15 is 0 Å². The molecule has 12 heavy (non-hydrogen) atoms. The highest BCUT2D eigenvalue weighted by Crippen LogP contribution is 2.36. The molecule has 6 heteroatoms. The van der Waals surface area contributed by atoms with Gasteiger partial charge < -0.3 is 4.48 Å². The van der Waals surface area contributed by atoms with Gasteiger partial charge in [0.25, 0.3) is 0 Å². The number of hydrogen-bond acceptors (Lipinski definition) is 0. The zero-order chi connectivity index (χ0) is 10.2. The van der Waals surface area contributed by atoms with Crippen molar-refractivity contribution in [3.8, 4) is 0 Å². The van der Waals surface area contributed by atoms with Crippen molar-refractivity contribution in [3.05, 3.63) is 0 Å². The average Bonchev–Trinajstić information content (AvgIpc) is 1.52. The molecule has 0 fully saturated rings. The Hall–Kier alpha value is -0.390. The highest BCUT2D eigenvalue weighted by Gasteiger charge is 2.60. The van der Waals surface area contributed by atoms with E-state index in [1.54, 1.807) is 0 Å². The fourth-order valence-electron chi connectivity index (χ4n) is 0.685. The largest absolute Gasteiger partial charge is 0.459 e. The van der Waals surface area contributed by atoms with E-state index in [1.165, 1.54) is 21.1 Å². The Kier molecular flexibility index (Phi) is 2.74. The number of hydrogen-bond donors (Lipinski definition) is 0. The van der Waals surface area contributed by atoms with Gasteiger partial charge in [0.1, 0.15) is 0 Å². The van der Waals surface area contributed by atoms with Gasteiger partial charge >= 0.3 is 12.1 Å². The lowest BCUT2D eigenvalue weighted by Gasteiger charge is -2.29. The van der Waals surface area contributed by atoms with Crippen molar-refractivity contribution in [2.75, 3.05) is 27.7 Å². The molecule has 0 aliphatic rings. The van der Waals surface area contributed by atoms with E-state index in [-0.39, 0.29) is 0 Å². The molecule has 0 unspecified atom stereocenters. The van der Waals surface area contributed by atoms with E-state index in [9.17, 15) is 22.0 Å². The molecular weight excluding hydrogens is 181 g/mol. The smallest absolute Gasteiger partial charge is 0.326 e. The van der Waals surface area contributed by atoms with E-state index in [0.29, 0.717) is 0 Å². The van der Waals surface area contributed by atoms with Crippen molar-refractivity contribution in [3.63, 3.8) is 0 Å². The van der Waals surface area contributed by atoms with Crippen LogP contribution in [0.1, 0.15) is 0 Å². The third-order valence-corrected chi connectivity index (χ3v) is 1.09. The molecule has 0 atom stereocenters. The summed E-state index contributed by atoms with van der Waals surface area (Å²) in [5.74, 6) is -4.61. The zero-order valence-corrected chi connectivity index (χ0v) is 7.04. The molecule has 0 aromatic carbocycles. The van der Waals surface area contributed by atoms with Gasteiger partial charge in [0.05, 0.1) is 21.1 Å². The number of alkyl halides is 5. The fraction of sp³-hybridized carbons (Fsp3) is 1.00. The minimum Gasteiger partial charge on any atom is -0.326 e. The number of nitrogens with zero attached hydrogens (tertiary/aromatic N) is 1. The summed E-state index contributed by atoms with van der Waals surface area (Å²) in [5, 5.41) is 0. The van der Waals surface area contributed by atoms with Gasteiger partial charge in [0.15, 0.2) is 6.54 Å². The quantitative estimate of drug-likeness (QED) is 0.463. The summed E-state index contributed by atoms with van der Waals surface area (Å²) in [6, 6.07) is 0. The van der Waals surface area contributed by atoms with Gasteiger partial charge in [0, 0.05) is 0 Å². The second kappa shape index (κ2) is 2.83. The van der Waals surface area contributed by atoms with Crippen LogP contribution in [0, 0.1) is 0 Å². The summed E-state index contributed by atoms with van der Waals surface area (Å²) in [5.41, 5.74) is 0. The summed E-state index contributed by atoms with van der Waals surface area (Å²) in [6.45, 7) is -1.24. The van der Waals surface area contributed by atoms with Crippen LogP contribution in [0.15, 0.2) is 0 Å². The first-order valence-electron chi connectivity index (χ1n) is 3.21. The predicted octanol–water partition coefficient (Wildman–Crippen LogP) is 1.89. The third-order valence-electron chi connectivity index (χ3n) is 1.09. The van der Waals surface area contributed by atoms with Crippen molar-refractivity contribution < 1.29 is 26.4 Å². The molecule has 0 bridgehead atoms. The third kappa shape index (κ3) is 3.34.